The average Bonchev–Trinajstić information content (AvgIpc) is 2.08. The summed E-state index contributed by atoms with van der Waals surface area (Å²) in [5.41, 5.74) is 0.921. The predicted octanol–water partition coefficient (Wildman–Crippen LogP) is 1.95. The van der Waals surface area contributed by atoms with Crippen molar-refractivity contribution in [2.45, 2.75) is 13.3 Å². The summed E-state index contributed by atoms with van der Waals surface area (Å²) < 4.78 is 5.73. The first-order valence-corrected chi connectivity index (χ1v) is 4.71. The SMILES string of the molecule is CC(=O)OCCc1ccc(Br)cn1. The van der Waals surface area contributed by atoms with Gasteiger partial charge in [0.2, 0.25) is 0 Å². The minimum atomic E-state index is -0.253. The van der Waals surface area contributed by atoms with Crippen LogP contribution >= 0.6 is 15.9 Å². The Morgan fingerprint density at radius 1 is 1.62 bits per heavy atom. The first kappa shape index (κ1) is 10.2. The fourth-order valence-electron chi connectivity index (χ4n) is 0.854. The summed E-state index contributed by atoms with van der Waals surface area (Å²) in [5.74, 6) is -0.253. The van der Waals surface area contributed by atoms with Gasteiger partial charge < -0.3 is 4.74 Å². The lowest BCUT2D eigenvalue weighted by Gasteiger charge is -2.00. The van der Waals surface area contributed by atoms with E-state index in [1.165, 1.54) is 6.92 Å². The zero-order valence-electron chi connectivity index (χ0n) is 7.29. The maximum absolute atomic E-state index is 10.4. The van der Waals surface area contributed by atoms with E-state index < -0.39 is 0 Å². The maximum atomic E-state index is 10.4. The third-order valence-corrected chi connectivity index (χ3v) is 1.92. The molecule has 0 saturated carbocycles. The Balaban J connectivity index is 2.37. The molecule has 0 amide bonds. The largest absolute Gasteiger partial charge is 0.465 e. The number of ether oxygens (including phenoxy) is 1. The molecule has 0 radical (unpaired) electrons. The van der Waals surface area contributed by atoms with E-state index in [-0.39, 0.29) is 5.97 Å². The predicted molar refractivity (Wildman–Crippen MR) is 52.3 cm³/mol. The van der Waals surface area contributed by atoms with Crippen molar-refractivity contribution in [1.82, 2.24) is 4.98 Å². The highest BCUT2D eigenvalue weighted by Crippen LogP contribution is 2.07. The monoisotopic (exact) mass is 243 g/mol. The summed E-state index contributed by atoms with van der Waals surface area (Å²) in [4.78, 5) is 14.6. The highest BCUT2D eigenvalue weighted by atomic mass is 79.9. The molecule has 4 heteroatoms. The second kappa shape index (κ2) is 4.97. The summed E-state index contributed by atoms with van der Waals surface area (Å²) in [6.45, 7) is 1.79. The van der Waals surface area contributed by atoms with Gasteiger partial charge in [-0.05, 0) is 28.1 Å². The Hall–Kier alpha value is -0.900. The van der Waals surface area contributed by atoms with Crippen LogP contribution in [-0.4, -0.2) is 17.6 Å². The van der Waals surface area contributed by atoms with Crippen molar-refractivity contribution in [3.8, 4) is 0 Å². The first-order valence-electron chi connectivity index (χ1n) is 3.92. The number of hydrogen-bond donors (Lipinski definition) is 0. The number of carbonyl (C=O) groups is 1. The fourth-order valence-corrected chi connectivity index (χ4v) is 1.09. The summed E-state index contributed by atoms with van der Waals surface area (Å²) in [6, 6.07) is 3.81. The smallest absolute Gasteiger partial charge is 0.302 e. The second-order valence-electron chi connectivity index (χ2n) is 2.56. The third kappa shape index (κ3) is 4.03. The molecule has 0 spiro atoms. The van der Waals surface area contributed by atoms with Crippen LogP contribution in [0.4, 0.5) is 0 Å². The van der Waals surface area contributed by atoms with Crippen LogP contribution in [-0.2, 0) is 16.0 Å². The van der Waals surface area contributed by atoms with Gasteiger partial charge in [0.05, 0.1) is 6.61 Å². The normalized spacial score (nSPS) is 9.69. The van der Waals surface area contributed by atoms with Gasteiger partial charge in [-0.3, -0.25) is 9.78 Å². The molecule has 0 atom stereocenters. The van der Waals surface area contributed by atoms with Gasteiger partial charge in [-0.25, -0.2) is 0 Å². The molecule has 13 heavy (non-hydrogen) atoms. The Kier molecular flexibility index (Phi) is 3.89. The van der Waals surface area contributed by atoms with Crippen molar-refractivity contribution >= 4 is 21.9 Å². The van der Waals surface area contributed by atoms with Gasteiger partial charge in [0, 0.05) is 29.7 Å². The van der Waals surface area contributed by atoms with E-state index in [4.69, 9.17) is 4.74 Å². The molecule has 0 aromatic carbocycles. The minimum Gasteiger partial charge on any atom is -0.465 e. The van der Waals surface area contributed by atoms with Crippen LogP contribution < -0.4 is 0 Å². The lowest BCUT2D eigenvalue weighted by Crippen LogP contribution is -2.04. The van der Waals surface area contributed by atoms with Crippen molar-refractivity contribution in [2.24, 2.45) is 0 Å². The quantitative estimate of drug-likeness (QED) is 0.763. The summed E-state index contributed by atoms with van der Waals surface area (Å²) in [7, 11) is 0. The van der Waals surface area contributed by atoms with E-state index in [0.29, 0.717) is 13.0 Å². The molecule has 3 nitrogen and oxygen atoms in total. The van der Waals surface area contributed by atoms with Crippen molar-refractivity contribution < 1.29 is 9.53 Å². The van der Waals surface area contributed by atoms with Crippen LogP contribution in [0.3, 0.4) is 0 Å². The molecular weight excluding hydrogens is 234 g/mol. The van der Waals surface area contributed by atoms with Gasteiger partial charge in [-0.2, -0.15) is 0 Å². The van der Waals surface area contributed by atoms with Gasteiger partial charge in [0.15, 0.2) is 0 Å². The van der Waals surface area contributed by atoms with E-state index in [0.717, 1.165) is 10.2 Å². The second-order valence-corrected chi connectivity index (χ2v) is 3.47. The Labute approximate surface area is 85.3 Å². The summed E-state index contributed by atoms with van der Waals surface area (Å²) in [5, 5.41) is 0. The lowest BCUT2D eigenvalue weighted by molar-refractivity contribution is -0.140. The van der Waals surface area contributed by atoms with Crippen LogP contribution in [0.1, 0.15) is 12.6 Å². The molecule has 70 valence electrons. The zero-order chi connectivity index (χ0) is 9.68. The number of hydrogen-bond acceptors (Lipinski definition) is 3. The number of nitrogens with zero attached hydrogens (tertiary/aromatic N) is 1. The molecule has 0 bridgehead atoms. The highest BCUT2D eigenvalue weighted by molar-refractivity contribution is 9.10. The number of esters is 1. The van der Waals surface area contributed by atoms with E-state index in [2.05, 4.69) is 20.9 Å². The van der Waals surface area contributed by atoms with E-state index in [9.17, 15) is 4.79 Å². The standard InChI is InChI=1S/C9H10BrNO2/c1-7(12)13-5-4-9-3-2-8(10)6-11-9/h2-3,6H,4-5H2,1H3. The maximum Gasteiger partial charge on any atom is 0.302 e. The van der Waals surface area contributed by atoms with Gasteiger partial charge in [-0.15, -0.1) is 0 Å². The van der Waals surface area contributed by atoms with Crippen molar-refractivity contribution in [1.29, 1.82) is 0 Å². The number of rotatable bonds is 3. The zero-order valence-corrected chi connectivity index (χ0v) is 8.87. The Morgan fingerprint density at radius 3 is 2.92 bits per heavy atom. The first-order chi connectivity index (χ1) is 6.18. The molecule has 0 N–H and O–H groups in total. The van der Waals surface area contributed by atoms with Gasteiger partial charge >= 0.3 is 5.97 Å². The Bertz CT molecular complexity index is 284. The van der Waals surface area contributed by atoms with E-state index >= 15 is 0 Å². The number of pyridine rings is 1. The molecule has 0 unspecified atom stereocenters. The highest BCUT2D eigenvalue weighted by Gasteiger charge is 1.96. The van der Waals surface area contributed by atoms with Crippen molar-refractivity contribution in [2.75, 3.05) is 6.61 Å². The van der Waals surface area contributed by atoms with E-state index in [1.807, 2.05) is 12.1 Å². The molecule has 0 aliphatic heterocycles. The number of carbonyl (C=O) groups excluding carboxylic acids is 1. The Morgan fingerprint density at radius 2 is 2.38 bits per heavy atom. The van der Waals surface area contributed by atoms with E-state index in [1.54, 1.807) is 6.20 Å². The number of aromatic nitrogens is 1. The van der Waals surface area contributed by atoms with Crippen LogP contribution in [0.5, 0.6) is 0 Å². The van der Waals surface area contributed by atoms with Gasteiger partial charge in [0.25, 0.3) is 0 Å². The molecule has 1 heterocycles. The van der Waals surface area contributed by atoms with Crippen LogP contribution in [0, 0.1) is 0 Å². The fraction of sp³-hybridized carbons (Fsp3) is 0.333. The third-order valence-electron chi connectivity index (χ3n) is 1.45. The molecule has 0 saturated heterocycles. The summed E-state index contributed by atoms with van der Waals surface area (Å²) in [6.07, 6.45) is 2.38. The molecular formula is C9H10BrNO2. The molecule has 1 aromatic rings. The average molecular weight is 244 g/mol. The van der Waals surface area contributed by atoms with Gasteiger partial charge in [-0.1, -0.05) is 0 Å². The van der Waals surface area contributed by atoms with Crippen LogP contribution in [0.2, 0.25) is 0 Å². The molecule has 1 rings (SSSR count). The van der Waals surface area contributed by atoms with Gasteiger partial charge in [0.1, 0.15) is 0 Å². The summed E-state index contributed by atoms with van der Waals surface area (Å²) >= 11 is 3.29. The van der Waals surface area contributed by atoms with Crippen LogP contribution in [0.15, 0.2) is 22.8 Å². The molecule has 0 aliphatic rings. The lowest BCUT2D eigenvalue weighted by atomic mass is 10.3. The van der Waals surface area contributed by atoms with Crippen molar-refractivity contribution in [3.05, 3.63) is 28.5 Å². The molecule has 0 aliphatic carbocycles. The number of halogens is 1. The topological polar surface area (TPSA) is 39.2 Å². The molecule has 0 fully saturated rings. The minimum absolute atomic E-state index is 0.253. The van der Waals surface area contributed by atoms with Crippen molar-refractivity contribution in [3.63, 3.8) is 0 Å². The molecule has 1 aromatic heterocycles. The van der Waals surface area contributed by atoms with Crippen LogP contribution in [0.25, 0.3) is 0 Å².